The number of carbonyl (C=O) groups is 1. The normalized spacial score (nSPS) is 20.6. The first-order valence-electron chi connectivity index (χ1n) is 9.03. The minimum atomic E-state index is 0.105. The van der Waals surface area contributed by atoms with Crippen LogP contribution in [-0.2, 0) is 11.3 Å². The lowest BCUT2D eigenvalue weighted by Crippen LogP contribution is -2.51. The summed E-state index contributed by atoms with van der Waals surface area (Å²) in [5.74, 6) is 1.12. The fourth-order valence-electron chi connectivity index (χ4n) is 4.29. The van der Waals surface area contributed by atoms with Crippen LogP contribution < -0.4 is 4.74 Å². The van der Waals surface area contributed by atoms with Crippen LogP contribution >= 0.6 is 0 Å². The van der Waals surface area contributed by atoms with E-state index < -0.39 is 0 Å². The zero-order chi connectivity index (χ0) is 17.4. The first-order valence-corrected chi connectivity index (χ1v) is 9.03. The molecule has 2 fully saturated rings. The first kappa shape index (κ1) is 16.3. The molecule has 1 aromatic carbocycles. The molecule has 0 radical (unpaired) electrons. The van der Waals surface area contributed by atoms with Gasteiger partial charge in [-0.2, -0.15) is 0 Å². The van der Waals surface area contributed by atoms with Crippen molar-refractivity contribution >= 4 is 16.8 Å². The molecule has 132 valence electrons. The molecule has 0 N–H and O–H groups in total. The average Bonchev–Trinajstić information content (AvgIpc) is 2.92. The zero-order valence-electron chi connectivity index (χ0n) is 15.0. The number of likely N-dealkylation sites (tertiary alicyclic amines) is 2. The van der Waals surface area contributed by atoms with Crippen LogP contribution in [-0.4, -0.2) is 53.5 Å². The smallest absolute Gasteiger partial charge is 0.222 e. The highest BCUT2D eigenvalue weighted by Crippen LogP contribution is 2.38. The number of methoxy groups -OCH3 is 1. The molecular formula is C20H25N3O2. The van der Waals surface area contributed by atoms with Crippen LogP contribution in [0.2, 0.25) is 0 Å². The summed E-state index contributed by atoms with van der Waals surface area (Å²) in [5, 5.41) is 1.10. The maximum absolute atomic E-state index is 11.9. The van der Waals surface area contributed by atoms with Gasteiger partial charge in [-0.1, -0.05) is 18.2 Å². The SMILES string of the molecule is COc1cccc2ccc(CN3CCC4(CCC(=O)N4C)CC3)nc12. The van der Waals surface area contributed by atoms with Gasteiger partial charge in [-0.3, -0.25) is 9.69 Å². The number of fused-ring (bicyclic) bond motifs is 1. The summed E-state index contributed by atoms with van der Waals surface area (Å²) in [7, 11) is 3.66. The van der Waals surface area contributed by atoms with Gasteiger partial charge in [0.2, 0.25) is 5.91 Å². The molecule has 2 aliphatic heterocycles. The van der Waals surface area contributed by atoms with Crippen molar-refractivity contribution in [2.75, 3.05) is 27.2 Å². The van der Waals surface area contributed by atoms with E-state index in [0.717, 1.165) is 61.2 Å². The second-order valence-corrected chi connectivity index (χ2v) is 7.29. The van der Waals surface area contributed by atoms with Crippen LogP contribution in [0, 0.1) is 0 Å². The number of carbonyl (C=O) groups excluding carboxylic acids is 1. The van der Waals surface area contributed by atoms with Gasteiger partial charge in [0.1, 0.15) is 11.3 Å². The number of ether oxygens (including phenoxy) is 1. The topological polar surface area (TPSA) is 45.7 Å². The molecule has 0 saturated carbocycles. The lowest BCUT2D eigenvalue weighted by molar-refractivity contribution is -0.130. The van der Waals surface area contributed by atoms with E-state index in [4.69, 9.17) is 9.72 Å². The summed E-state index contributed by atoms with van der Waals surface area (Å²) in [6, 6.07) is 10.2. The molecule has 0 aliphatic carbocycles. The molecule has 2 aliphatic rings. The van der Waals surface area contributed by atoms with Gasteiger partial charge in [0.15, 0.2) is 0 Å². The fraction of sp³-hybridized carbons (Fsp3) is 0.500. The molecule has 1 aromatic heterocycles. The standard InChI is InChI=1S/C20H25N3O2/c1-22-18(24)8-9-20(22)10-12-23(13-11-20)14-16-7-6-15-4-3-5-17(25-2)19(15)21-16/h3-7H,8-14H2,1-2H3. The second kappa shape index (κ2) is 6.30. The van der Waals surface area contributed by atoms with Gasteiger partial charge in [0.05, 0.1) is 12.8 Å². The van der Waals surface area contributed by atoms with Gasteiger partial charge in [0.25, 0.3) is 0 Å². The Hall–Kier alpha value is -2.14. The Morgan fingerprint density at radius 1 is 1.16 bits per heavy atom. The number of hydrogen-bond acceptors (Lipinski definition) is 4. The molecule has 0 bridgehead atoms. The number of pyridine rings is 1. The first-order chi connectivity index (χ1) is 12.1. The van der Waals surface area contributed by atoms with Crippen LogP contribution in [0.1, 0.15) is 31.4 Å². The summed E-state index contributed by atoms with van der Waals surface area (Å²) >= 11 is 0. The van der Waals surface area contributed by atoms with E-state index in [1.165, 1.54) is 0 Å². The van der Waals surface area contributed by atoms with Gasteiger partial charge >= 0.3 is 0 Å². The van der Waals surface area contributed by atoms with Crippen molar-refractivity contribution < 1.29 is 9.53 Å². The van der Waals surface area contributed by atoms with Gasteiger partial charge in [-0.15, -0.1) is 0 Å². The Bertz CT molecular complexity index is 797. The van der Waals surface area contributed by atoms with E-state index in [1.807, 2.05) is 24.1 Å². The number of aromatic nitrogens is 1. The van der Waals surface area contributed by atoms with E-state index in [2.05, 4.69) is 23.1 Å². The number of para-hydroxylation sites is 1. The van der Waals surface area contributed by atoms with Gasteiger partial charge < -0.3 is 9.64 Å². The molecule has 5 heteroatoms. The summed E-state index contributed by atoms with van der Waals surface area (Å²) in [6.45, 7) is 2.88. The number of hydrogen-bond donors (Lipinski definition) is 0. The highest BCUT2D eigenvalue weighted by molar-refractivity contribution is 5.84. The quantitative estimate of drug-likeness (QED) is 0.863. The Kier molecular flexibility index (Phi) is 4.12. The molecular weight excluding hydrogens is 314 g/mol. The van der Waals surface area contributed by atoms with Gasteiger partial charge in [-0.25, -0.2) is 4.98 Å². The monoisotopic (exact) mass is 339 g/mol. The summed E-state index contributed by atoms with van der Waals surface area (Å²) in [4.78, 5) is 21.2. The molecule has 5 nitrogen and oxygen atoms in total. The maximum Gasteiger partial charge on any atom is 0.222 e. The van der Waals surface area contributed by atoms with Crippen LogP contribution in [0.5, 0.6) is 5.75 Å². The number of amides is 1. The van der Waals surface area contributed by atoms with Crippen molar-refractivity contribution in [1.82, 2.24) is 14.8 Å². The Labute approximate surface area is 148 Å². The van der Waals surface area contributed by atoms with Crippen molar-refractivity contribution in [3.63, 3.8) is 0 Å². The molecule has 2 aromatic rings. The van der Waals surface area contributed by atoms with E-state index in [0.29, 0.717) is 12.3 Å². The highest BCUT2D eigenvalue weighted by atomic mass is 16.5. The molecule has 0 unspecified atom stereocenters. The Balaban J connectivity index is 1.47. The van der Waals surface area contributed by atoms with Gasteiger partial charge in [0, 0.05) is 44.0 Å². The summed E-state index contributed by atoms with van der Waals surface area (Å²) in [5.41, 5.74) is 2.11. The Morgan fingerprint density at radius 3 is 2.64 bits per heavy atom. The highest BCUT2D eigenvalue weighted by Gasteiger charge is 2.44. The number of rotatable bonds is 3. The van der Waals surface area contributed by atoms with E-state index in [9.17, 15) is 4.79 Å². The Morgan fingerprint density at radius 2 is 1.96 bits per heavy atom. The largest absolute Gasteiger partial charge is 0.494 e. The van der Waals surface area contributed by atoms with E-state index in [1.54, 1.807) is 7.11 Å². The lowest BCUT2D eigenvalue weighted by Gasteiger charge is -2.43. The second-order valence-electron chi connectivity index (χ2n) is 7.29. The minimum absolute atomic E-state index is 0.105. The maximum atomic E-state index is 11.9. The van der Waals surface area contributed by atoms with Crippen molar-refractivity contribution in [3.05, 3.63) is 36.0 Å². The molecule has 0 atom stereocenters. The molecule has 25 heavy (non-hydrogen) atoms. The van der Waals surface area contributed by atoms with Crippen LogP contribution in [0.15, 0.2) is 30.3 Å². The third-order valence-electron chi connectivity index (χ3n) is 6.02. The molecule has 4 rings (SSSR count). The van der Waals surface area contributed by atoms with Crippen molar-refractivity contribution in [2.24, 2.45) is 0 Å². The third-order valence-corrected chi connectivity index (χ3v) is 6.02. The van der Waals surface area contributed by atoms with Crippen LogP contribution in [0.3, 0.4) is 0 Å². The fourth-order valence-corrected chi connectivity index (χ4v) is 4.29. The molecule has 1 amide bonds. The number of piperidine rings is 1. The van der Waals surface area contributed by atoms with Crippen molar-refractivity contribution in [2.45, 2.75) is 37.8 Å². The summed E-state index contributed by atoms with van der Waals surface area (Å²) in [6.07, 6.45) is 3.85. The van der Waals surface area contributed by atoms with Crippen LogP contribution in [0.25, 0.3) is 10.9 Å². The molecule has 1 spiro atoms. The molecule has 2 saturated heterocycles. The summed E-state index contributed by atoms with van der Waals surface area (Å²) < 4.78 is 5.44. The minimum Gasteiger partial charge on any atom is -0.494 e. The third kappa shape index (κ3) is 2.86. The predicted octanol–water partition coefficient (Wildman–Crippen LogP) is 2.83. The number of nitrogens with zero attached hydrogens (tertiary/aromatic N) is 3. The zero-order valence-corrected chi connectivity index (χ0v) is 15.0. The number of benzene rings is 1. The van der Waals surface area contributed by atoms with E-state index in [-0.39, 0.29) is 5.54 Å². The van der Waals surface area contributed by atoms with Crippen LogP contribution in [0.4, 0.5) is 0 Å². The van der Waals surface area contributed by atoms with E-state index >= 15 is 0 Å². The lowest BCUT2D eigenvalue weighted by atomic mass is 9.85. The average molecular weight is 339 g/mol. The van der Waals surface area contributed by atoms with Crippen molar-refractivity contribution in [1.29, 1.82) is 0 Å². The molecule has 3 heterocycles. The predicted molar refractivity (Wildman–Crippen MR) is 97.5 cm³/mol. The van der Waals surface area contributed by atoms with Gasteiger partial charge in [-0.05, 0) is 31.4 Å². The van der Waals surface area contributed by atoms with Crippen molar-refractivity contribution in [3.8, 4) is 5.75 Å².